The van der Waals surface area contributed by atoms with Crippen LogP contribution in [-0.2, 0) is 35.6 Å². The van der Waals surface area contributed by atoms with Gasteiger partial charge in [0.05, 0.1) is 23.2 Å². The van der Waals surface area contributed by atoms with Crippen molar-refractivity contribution in [1.82, 2.24) is 10.6 Å². The molecule has 1 atom stereocenters. The molecule has 0 aromatic heterocycles. The Balaban J connectivity index is 1.54. The molecule has 0 bridgehead atoms. The number of hydrogen-bond donors (Lipinski definition) is 3. The predicted molar refractivity (Wildman–Crippen MR) is 174 cm³/mol. The first kappa shape index (κ1) is 34.7. The highest BCUT2D eigenvalue weighted by atomic mass is 32.2. The molecule has 1 unspecified atom stereocenters. The third-order valence-electron chi connectivity index (χ3n) is 7.37. The lowest BCUT2D eigenvalue weighted by molar-refractivity contribution is -0.137. The first-order valence-corrected chi connectivity index (χ1v) is 16.8. The summed E-state index contributed by atoms with van der Waals surface area (Å²) in [6.07, 6.45) is -1.82. The molecule has 11 heteroatoms. The Morgan fingerprint density at radius 3 is 2.11 bits per heavy atom. The molecule has 0 fully saturated rings. The van der Waals surface area contributed by atoms with Crippen LogP contribution in [0.2, 0.25) is 0 Å². The van der Waals surface area contributed by atoms with E-state index in [0.29, 0.717) is 23.4 Å². The van der Waals surface area contributed by atoms with Crippen molar-refractivity contribution >= 4 is 27.3 Å². The smallest absolute Gasteiger partial charge is 0.375 e. The quantitative estimate of drug-likeness (QED) is 0.133. The molecule has 3 N–H and O–H groups in total. The van der Waals surface area contributed by atoms with Crippen molar-refractivity contribution in [1.29, 1.82) is 0 Å². The van der Waals surface area contributed by atoms with E-state index in [-0.39, 0.29) is 31.5 Å². The number of carbonyl (C=O) groups excluding carboxylic acids is 1. The molecule has 46 heavy (non-hydrogen) atoms. The number of benzene rings is 4. The molecule has 7 nitrogen and oxygen atoms in total. The Hall–Kier alpha value is -4.19. The maximum atomic E-state index is 13.4. The van der Waals surface area contributed by atoms with Crippen molar-refractivity contribution < 1.29 is 31.5 Å². The molecule has 0 spiro atoms. The first-order chi connectivity index (χ1) is 21.8. The molecule has 0 aliphatic heterocycles. The van der Waals surface area contributed by atoms with E-state index < -0.39 is 33.4 Å². The minimum Gasteiger partial charge on any atom is -0.375 e. The van der Waals surface area contributed by atoms with E-state index in [9.17, 15) is 31.5 Å². The van der Waals surface area contributed by atoms with E-state index in [1.165, 1.54) is 16.4 Å². The van der Waals surface area contributed by atoms with Crippen molar-refractivity contribution in [2.24, 2.45) is 0 Å². The number of aryl methyl sites for hydroxylation is 1. The molecule has 0 aliphatic rings. The molecule has 0 saturated heterocycles. The number of carbonyl (C=O) groups is 1. The van der Waals surface area contributed by atoms with Crippen molar-refractivity contribution in [3.8, 4) is 0 Å². The van der Waals surface area contributed by atoms with Gasteiger partial charge in [0.2, 0.25) is 10.0 Å². The van der Waals surface area contributed by atoms with Gasteiger partial charge in [-0.3, -0.25) is 10.1 Å². The minimum absolute atomic E-state index is 0.0274. The summed E-state index contributed by atoms with van der Waals surface area (Å²) in [5, 5.41) is 17.5. The van der Waals surface area contributed by atoms with Crippen LogP contribution in [0.4, 0.5) is 24.5 Å². The van der Waals surface area contributed by atoms with Crippen LogP contribution in [-0.4, -0.2) is 38.0 Å². The van der Waals surface area contributed by atoms with E-state index in [1.807, 2.05) is 37.3 Å². The third-order valence-corrected chi connectivity index (χ3v) is 8.46. The number of nitrogens with one attached hydrogen (secondary N) is 2. The summed E-state index contributed by atoms with van der Waals surface area (Å²) in [6.45, 7) is 1.97. The summed E-state index contributed by atoms with van der Waals surface area (Å²) in [4.78, 5) is 13.4. The van der Waals surface area contributed by atoms with Crippen LogP contribution in [0, 0.1) is 0 Å². The van der Waals surface area contributed by atoms with Crippen molar-refractivity contribution in [3.05, 3.63) is 131 Å². The molecular formula is C35H38F3N3O4S. The van der Waals surface area contributed by atoms with Crippen molar-refractivity contribution in [3.63, 3.8) is 0 Å². The molecule has 244 valence electrons. The Labute approximate surface area is 268 Å². The number of para-hydroxylation sites is 1. The van der Waals surface area contributed by atoms with Gasteiger partial charge >= 0.3 is 6.18 Å². The molecule has 0 heterocycles. The van der Waals surface area contributed by atoms with Crippen LogP contribution in [0.3, 0.4) is 0 Å². The average molecular weight is 654 g/mol. The summed E-state index contributed by atoms with van der Waals surface area (Å²) in [5.41, 5.74) is 0.601. The normalized spacial score (nSPS) is 13.2. The van der Waals surface area contributed by atoms with Crippen LogP contribution >= 0.6 is 0 Å². The zero-order chi connectivity index (χ0) is 33.4. The SMILES string of the molecule is CCCc1cc(C(=O)NCCC(O)(Cc2ccccc2)NCc2cccc(C(F)(F)F)c2)cc(N(c2ccccc2)S(C)(=O)=O)c1. The van der Waals surface area contributed by atoms with Gasteiger partial charge in [-0.05, 0) is 59.5 Å². The van der Waals surface area contributed by atoms with Crippen molar-refractivity contribution in [2.45, 2.75) is 51.1 Å². The lowest BCUT2D eigenvalue weighted by Crippen LogP contribution is -2.49. The Bertz CT molecular complexity index is 1720. The third kappa shape index (κ3) is 9.65. The number of hydrogen-bond acceptors (Lipinski definition) is 5. The number of sulfonamides is 1. The number of aliphatic hydroxyl groups is 1. The second-order valence-electron chi connectivity index (χ2n) is 11.3. The number of rotatable bonds is 14. The zero-order valence-corrected chi connectivity index (χ0v) is 26.5. The van der Waals surface area contributed by atoms with E-state index in [0.717, 1.165) is 35.9 Å². The van der Waals surface area contributed by atoms with Crippen LogP contribution in [0.25, 0.3) is 0 Å². The fourth-order valence-electron chi connectivity index (χ4n) is 5.23. The summed E-state index contributed by atoms with van der Waals surface area (Å²) in [5.74, 6) is -0.458. The highest BCUT2D eigenvalue weighted by Crippen LogP contribution is 2.31. The summed E-state index contributed by atoms with van der Waals surface area (Å²) in [6, 6.07) is 27.6. The molecule has 4 aromatic rings. The van der Waals surface area contributed by atoms with Gasteiger partial charge in [-0.1, -0.05) is 80.1 Å². The monoisotopic (exact) mass is 653 g/mol. The summed E-state index contributed by atoms with van der Waals surface area (Å²) >= 11 is 0. The predicted octanol–water partition coefficient (Wildman–Crippen LogP) is 6.60. The fraction of sp³-hybridized carbons (Fsp3) is 0.286. The fourth-order valence-corrected chi connectivity index (χ4v) is 6.23. The number of nitrogens with zero attached hydrogens (tertiary/aromatic N) is 1. The molecule has 0 aliphatic carbocycles. The Morgan fingerprint density at radius 2 is 1.48 bits per heavy atom. The van der Waals surface area contributed by atoms with Gasteiger partial charge in [0.1, 0.15) is 5.72 Å². The standard InChI is InChI=1S/C35H38F3N3O4S/c1-3-11-27-20-29(23-32(22-27)41(46(2,44)45)31-16-8-5-9-17-31)33(42)39-19-18-34(43,24-26-12-6-4-7-13-26)40-25-28-14-10-15-30(21-28)35(36,37)38/h4-10,12-17,20-23,40,43H,3,11,18-19,24-25H2,1-2H3,(H,39,42). The maximum absolute atomic E-state index is 13.4. The van der Waals surface area contributed by atoms with Gasteiger partial charge in [0, 0.05) is 31.5 Å². The van der Waals surface area contributed by atoms with Gasteiger partial charge in [-0.25, -0.2) is 12.7 Å². The zero-order valence-electron chi connectivity index (χ0n) is 25.7. The minimum atomic E-state index is -4.49. The highest BCUT2D eigenvalue weighted by Gasteiger charge is 2.31. The Morgan fingerprint density at radius 1 is 0.826 bits per heavy atom. The molecule has 4 aromatic carbocycles. The van der Waals surface area contributed by atoms with Gasteiger partial charge in [0.25, 0.3) is 5.91 Å². The largest absolute Gasteiger partial charge is 0.416 e. The average Bonchev–Trinajstić information content (AvgIpc) is 3.00. The van der Waals surface area contributed by atoms with Gasteiger partial charge in [0.15, 0.2) is 0 Å². The number of alkyl halides is 3. The maximum Gasteiger partial charge on any atom is 0.416 e. The van der Waals surface area contributed by atoms with Gasteiger partial charge in [-0.2, -0.15) is 13.2 Å². The summed E-state index contributed by atoms with van der Waals surface area (Å²) < 4.78 is 66.7. The second-order valence-corrected chi connectivity index (χ2v) is 13.1. The topological polar surface area (TPSA) is 98.7 Å². The molecule has 4 rings (SSSR count). The molecular weight excluding hydrogens is 615 g/mol. The lowest BCUT2D eigenvalue weighted by Gasteiger charge is -2.30. The Kier molecular flexibility index (Phi) is 11.3. The van der Waals surface area contributed by atoms with Gasteiger partial charge < -0.3 is 10.4 Å². The molecule has 0 radical (unpaired) electrons. The number of amides is 1. The number of anilines is 2. The first-order valence-electron chi connectivity index (χ1n) is 14.9. The van der Waals surface area contributed by atoms with Crippen LogP contribution < -0.4 is 14.9 Å². The van der Waals surface area contributed by atoms with Crippen LogP contribution in [0.5, 0.6) is 0 Å². The molecule has 0 saturated carbocycles. The van der Waals surface area contributed by atoms with Crippen LogP contribution in [0.15, 0.2) is 103 Å². The van der Waals surface area contributed by atoms with E-state index in [1.54, 1.807) is 48.5 Å². The number of halogens is 3. The molecule has 1 amide bonds. The van der Waals surface area contributed by atoms with Crippen LogP contribution in [0.1, 0.15) is 52.4 Å². The van der Waals surface area contributed by atoms with E-state index in [4.69, 9.17) is 0 Å². The van der Waals surface area contributed by atoms with E-state index >= 15 is 0 Å². The summed E-state index contributed by atoms with van der Waals surface area (Å²) in [7, 11) is -3.75. The highest BCUT2D eigenvalue weighted by molar-refractivity contribution is 7.92. The second kappa shape index (κ2) is 14.9. The van der Waals surface area contributed by atoms with Gasteiger partial charge in [-0.15, -0.1) is 0 Å². The van der Waals surface area contributed by atoms with E-state index in [2.05, 4.69) is 10.6 Å². The lowest BCUT2D eigenvalue weighted by atomic mass is 9.98. The van der Waals surface area contributed by atoms with Crippen molar-refractivity contribution in [2.75, 3.05) is 17.1 Å².